The maximum Gasteiger partial charge on any atom is 0.254 e. The van der Waals surface area contributed by atoms with E-state index in [-0.39, 0.29) is 5.91 Å². The molecule has 4 nitrogen and oxygen atoms in total. The number of aromatic nitrogens is 2. The van der Waals surface area contributed by atoms with Gasteiger partial charge in [-0.05, 0) is 19.8 Å². The number of hydrogen-bond acceptors (Lipinski definition) is 2. The normalized spacial score (nSPS) is 10.5. The van der Waals surface area contributed by atoms with Crippen molar-refractivity contribution in [2.45, 2.75) is 32.6 Å². The molecule has 0 saturated heterocycles. The molecule has 0 aliphatic heterocycles. The molecule has 1 heterocycles. The summed E-state index contributed by atoms with van der Waals surface area (Å²) in [5, 5.41) is 8.14. The number of carbonyl (C=O) groups excluding carboxylic acids is 1. The molecular formula is C12H20BrN3O. The molecule has 1 aromatic rings. The molecule has 1 N–H and O–H groups in total. The Morgan fingerprint density at radius 2 is 2.12 bits per heavy atom. The van der Waals surface area contributed by atoms with Crippen molar-refractivity contribution >= 4 is 21.8 Å². The van der Waals surface area contributed by atoms with Crippen LogP contribution in [0.4, 0.5) is 0 Å². The summed E-state index contributed by atoms with van der Waals surface area (Å²) in [6.07, 6.45) is 6.38. The molecule has 0 aromatic carbocycles. The zero-order chi connectivity index (χ0) is 12.7. The average molecular weight is 302 g/mol. The van der Waals surface area contributed by atoms with Gasteiger partial charge in [0.05, 0.1) is 11.3 Å². The van der Waals surface area contributed by atoms with Gasteiger partial charge in [0.1, 0.15) is 0 Å². The molecule has 1 rings (SSSR count). The van der Waals surface area contributed by atoms with Gasteiger partial charge in [0, 0.05) is 25.1 Å². The highest BCUT2D eigenvalue weighted by Gasteiger charge is 2.11. The summed E-state index contributed by atoms with van der Waals surface area (Å²) in [5.74, 6) is -0.0175. The lowest BCUT2D eigenvalue weighted by molar-refractivity contribution is 0.0952. The molecule has 1 aromatic heterocycles. The van der Waals surface area contributed by atoms with Gasteiger partial charge in [-0.2, -0.15) is 5.10 Å². The first-order valence-electron chi connectivity index (χ1n) is 5.99. The molecule has 0 spiro atoms. The molecule has 0 aliphatic carbocycles. The molecule has 0 atom stereocenters. The van der Waals surface area contributed by atoms with Crippen molar-refractivity contribution < 1.29 is 4.79 Å². The molecule has 0 aliphatic rings. The van der Waals surface area contributed by atoms with Gasteiger partial charge >= 0.3 is 0 Å². The first kappa shape index (κ1) is 14.2. The van der Waals surface area contributed by atoms with Crippen LogP contribution < -0.4 is 5.32 Å². The number of unbranched alkanes of at least 4 members (excludes halogenated alkanes) is 3. The minimum absolute atomic E-state index is 0.0175. The second kappa shape index (κ2) is 7.48. The minimum atomic E-state index is -0.0175. The summed E-state index contributed by atoms with van der Waals surface area (Å²) in [6, 6.07) is 0. The number of carbonyl (C=O) groups is 1. The van der Waals surface area contributed by atoms with Crippen molar-refractivity contribution in [3.05, 3.63) is 17.5 Å². The van der Waals surface area contributed by atoms with Crippen LogP contribution in [0, 0.1) is 6.92 Å². The zero-order valence-electron chi connectivity index (χ0n) is 10.5. The summed E-state index contributed by atoms with van der Waals surface area (Å²) in [4.78, 5) is 11.8. The molecule has 0 saturated carbocycles. The Balaban J connectivity index is 2.23. The van der Waals surface area contributed by atoms with E-state index in [4.69, 9.17) is 0 Å². The predicted molar refractivity (Wildman–Crippen MR) is 72.5 cm³/mol. The lowest BCUT2D eigenvalue weighted by atomic mass is 10.2. The summed E-state index contributed by atoms with van der Waals surface area (Å²) in [6.45, 7) is 2.60. The van der Waals surface area contributed by atoms with Crippen LogP contribution in [0.25, 0.3) is 0 Å². The van der Waals surface area contributed by atoms with Crippen molar-refractivity contribution in [1.82, 2.24) is 15.1 Å². The number of nitrogens with zero attached hydrogens (tertiary/aromatic N) is 2. The monoisotopic (exact) mass is 301 g/mol. The van der Waals surface area contributed by atoms with Crippen molar-refractivity contribution in [2.24, 2.45) is 7.05 Å². The molecular weight excluding hydrogens is 282 g/mol. The molecule has 0 unspecified atom stereocenters. The van der Waals surface area contributed by atoms with E-state index in [9.17, 15) is 4.79 Å². The molecule has 0 bridgehead atoms. The first-order chi connectivity index (χ1) is 8.15. The quantitative estimate of drug-likeness (QED) is 0.621. The van der Waals surface area contributed by atoms with Gasteiger partial charge < -0.3 is 5.32 Å². The van der Waals surface area contributed by atoms with E-state index in [1.807, 2.05) is 14.0 Å². The lowest BCUT2D eigenvalue weighted by Crippen LogP contribution is -2.24. The molecule has 17 heavy (non-hydrogen) atoms. The molecule has 0 fully saturated rings. The van der Waals surface area contributed by atoms with Gasteiger partial charge in [-0.25, -0.2) is 0 Å². The highest BCUT2D eigenvalue weighted by Crippen LogP contribution is 2.05. The van der Waals surface area contributed by atoms with Crippen LogP contribution in [0.15, 0.2) is 6.20 Å². The third-order valence-electron chi connectivity index (χ3n) is 2.60. The van der Waals surface area contributed by atoms with Gasteiger partial charge in [0.15, 0.2) is 0 Å². The van der Waals surface area contributed by atoms with Crippen molar-refractivity contribution in [1.29, 1.82) is 0 Å². The summed E-state index contributed by atoms with van der Waals surface area (Å²) < 4.78 is 1.67. The average Bonchev–Trinajstić information content (AvgIpc) is 2.62. The molecule has 0 radical (unpaired) electrons. The van der Waals surface area contributed by atoms with Crippen LogP contribution in [0.2, 0.25) is 0 Å². The summed E-state index contributed by atoms with van der Waals surface area (Å²) in [7, 11) is 1.82. The van der Waals surface area contributed by atoms with Gasteiger partial charge in [0.25, 0.3) is 5.91 Å². The predicted octanol–water partition coefficient (Wildman–Crippen LogP) is 2.41. The van der Waals surface area contributed by atoms with Gasteiger partial charge in [-0.15, -0.1) is 0 Å². The highest BCUT2D eigenvalue weighted by molar-refractivity contribution is 9.09. The van der Waals surface area contributed by atoms with E-state index < -0.39 is 0 Å². The SMILES string of the molecule is Cc1nn(C)cc1C(=O)NCCCCCCBr. The Hall–Kier alpha value is -0.840. The Labute approximate surface area is 111 Å². The number of halogens is 1. The Bertz CT molecular complexity index is 363. The standard InChI is InChI=1S/C12H20BrN3O/c1-10-11(9-16(2)15-10)12(17)14-8-6-4-3-5-7-13/h9H,3-8H2,1-2H3,(H,14,17). The number of nitrogens with one attached hydrogen (secondary N) is 1. The third-order valence-corrected chi connectivity index (χ3v) is 3.16. The van der Waals surface area contributed by atoms with E-state index in [1.54, 1.807) is 10.9 Å². The van der Waals surface area contributed by atoms with Crippen LogP contribution in [-0.4, -0.2) is 27.6 Å². The number of amides is 1. The van der Waals surface area contributed by atoms with Crippen LogP contribution in [0.1, 0.15) is 41.7 Å². The van der Waals surface area contributed by atoms with Gasteiger partial charge in [-0.3, -0.25) is 9.48 Å². The maximum atomic E-state index is 11.8. The van der Waals surface area contributed by atoms with E-state index in [2.05, 4.69) is 26.3 Å². The largest absolute Gasteiger partial charge is 0.352 e. The summed E-state index contributed by atoms with van der Waals surface area (Å²) in [5.41, 5.74) is 1.46. The fourth-order valence-electron chi connectivity index (χ4n) is 1.69. The van der Waals surface area contributed by atoms with Gasteiger partial charge in [-0.1, -0.05) is 28.8 Å². The van der Waals surface area contributed by atoms with E-state index in [0.717, 1.165) is 30.4 Å². The number of alkyl halides is 1. The van der Waals surface area contributed by atoms with Crippen LogP contribution >= 0.6 is 15.9 Å². The smallest absolute Gasteiger partial charge is 0.254 e. The maximum absolute atomic E-state index is 11.8. The van der Waals surface area contributed by atoms with Crippen LogP contribution in [0.5, 0.6) is 0 Å². The van der Waals surface area contributed by atoms with Gasteiger partial charge in [0.2, 0.25) is 0 Å². The van der Waals surface area contributed by atoms with E-state index in [0.29, 0.717) is 5.56 Å². The Kier molecular flexibility index (Phi) is 6.26. The van der Waals surface area contributed by atoms with Crippen molar-refractivity contribution in [3.8, 4) is 0 Å². The number of aryl methyl sites for hydroxylation is 2. The topological polar surface area (TPSA) is 46.9 Å². The second-order valence-corrected chi connectivity index (χ2v) is 4.95. The second-order valence-electron chi connectivity index (χ2n) is 4.16. The molecule has 5 heteroatoms. The molecule has 1 amide bonds. The molecule has 96 valence electrons. The summed E-state index contributed by atoms with van der Waals surface area (Å²) >= 11 is 3.40. The van der Waals surface area contributed by atoms with Crippen molar-refractivity contribution in [2.75, 3.05) is 11.9 Å². The fraction of sp³-hybridized carbons (Fsp3) is 0.667. The lowest BCUT2D eigenvalue weighted by Gasteiger charge is -2.03. The highest BCUT2D eigenvalue weighted by atomic mass is 79.9. The fourth-order valence-corrected chi connectivity index (χ4v) is 2.09. The first-order valence-corrected chi connectivity index (χ1v) is 7.11. The number of hydrogen-bond donors (Lipinski definition) is 1. The number of rotatable bonds is 7. The zero-order valence-corrected chi connectivity index (χ0v) is 12.1. The Morgan fingerprint density at radius 3 is 2.71 bits per heavy atom. The van der Waals surface area contributed by atoms with E-state index in [1.165, 1.54) is 12.8 Å². The van der Waals surface area contributed by atoms with Crippen LogP contribution in [-0.2, 0) is 7.05 Å². The van der Waals surface area contributed by atoms with Crippen molar-refractivity contribution in [3.63, 3.8) is 0 Å². The third kappa shape index (κ3) is 4.89. The Morgan fingerprint density at radius 1 is 1.41 bits per heavy atom. The van der Waals surface area contributed by atoms with E-state index >= 15 is 0 Å². The van der Waals surface area contributed by atoms with Crippen LogP contribution in [0.3, 0.4) is 0 Å². The minimum Gasteiger partial charge on any atom is -0.352 e.